The number of fused-ring (bicyclic) bond motifs is 2. The molecule has 0 heterocycles. The second-order valence-electron chi connectivity index (χ2n) is 4.97. The van der Waals surface area contributed by atoms with Gasteiger partial charge in [0.05, 0.1) is 31.4 Å². The van der Waals surface area contributed by atoms with Gasteiger partial charge in [0.15, 0.2) is 10.8 Å². The molecule has 1 saturated carbocycles. The highest BCUT2D eigenvalue weighted by molar-refractivity contribution is 5.84. The summed E-state index contributed by atoms with van der Waals surface area (Å²) in [7, 11) is 1.16. The first-order valence-corrected chi connectivity index (χ1v) is 5.97. The van der Waals surface area contributed by atoms with Crippen molar-refractivity contribution in [2.45, 2.75) is 12.8 Å². The largest absolute Gasteiger partial charge is 0.468 e. The van der Waals surface area contributed by atoms with Crippen molar-refractivity contribution in [1.82, 2.24) is 0 Å². The van der Waals surface area contributed by atoms with Gasteiger partial charge in [-0.15, -0.1) is 0 Å². The molecule has 3 rings (SSSR count). The monoisotopic (exact) mass is 266 g/mol. The molecule has 0 aromatic carbocycles. The minimum Gasteiger partial charge on any atom is -0.468 e. The third kappa shape index (κ3) is 1.08. The molecule has 2 bridgehead atoms. The summed E-state index contributed by atoms with van der Waals surface area (Å²) in [5, 5.41) is 38.0. The van der Waals surface area contributed by atoms with Gasteiger partial charge in [0.25, 0.3) is 0 Å². The molecule has 0 aromatic heterocycles. The standard InChI is InChI=1S/C14H10N4O2/c1-20-11(19)12-4-2-10(3-5-12)13(6-15,7-16)14(12,8-17)9-18/h2,4,10H,3,5H2,1H3/t10-,12+/m0/s1. The quantitative estimate of drug-likeness (QED) is 0.519. The highest BCUT2D eigenvalue weighted by Crippen LogP contribution is 2.66. The molecule has 0 N–H and O–H groups in total. The van der Waals surface area contributed by atoms with Gasteiger partial charge >= 0.3 is 5.97 Å². The maximum absolute atomic E-state index is 12.2. The molecule has 6 nitrogen and oxygen atoms in total. The Balaban J connectivity index is 2.89. The van der Waals surface area contributed by atoms with Crippen LogP contribution < -0.4 is 0 Å². The van der Waals surface area contributed by atoms with Crippen molar-refractivity contribution in [3.05, 3.63) is 12.2 Å². The smallest absolute Gasteiger partial charge is 0.318 e. The first kappa shape index (κ1) is 13.6. The van der Waals surface area contributed by atoms with Crippen LogP contribution >= 0.6 is 0 Å². The third-order valence-electron chi connectivity index (χ3n) is 4.52. The highest BCUT2D eigenvalue weighted by Gasteiger charge is 2.75. The van der Waals surface area contributed by atoms with E-state index in [-0.39, 0.29) is 6.42 Å². The summed E-state index contributed by atoms with van der Waals surface area (Å²) < 4.78 is 4.74. The second kappa shape index (κ2) is 4.09. The maximum atomic E-state index is 12.2. The van der Waals surface area contributed by atoms with Crippen molar-refractivity contribution in [3.63, 3.8) is 0 Å². The average Bonchev–Trinajstić information content (AvgIpc) is 2.53. The molecule has 0 spiro atoms. The Morgan fingerprint density at radius 3 is 2.15 bits per heavy atom. The van der Waals surface area contributed by atoms with E-state index in [1.807, 2.05) is 12.1 Å². The molecule has 3 aliphatic rings. The lowest BCUT2D eigenvalue weighted by Gasteiger charge is -2.53. The number of hydrogen-bond donors (Lipinski definition) is 0. The van der Waals surface area contributed by atoms with Crippen LogP contribution in [0.2, 0.25) is 0 Å². The maximum Gasteiger partial charge on any atom is 0.318 e. The fourth-order valence-electron chi connectivity index (χ4n) is 3.41. The van der Waals surface area contributed by atoms with E-state index >= 15 is 0 Å². The predicted molar refractivity (Wildman–Crippen MR) is 63.6 cm³/mol. The molecule has 0 aromatic rings. The minimum absolute atomic E-state index is 0.215. The number of ether oxygens (including phenoxy) is 1. The summed E-state index contributed by atoms with van der Waals surface area (Å²) in [4.78, 5) is 12.2. The molecule has 0 saturated heterocycles. The summed E-state index contributed by atoms with van der Waals surface area (Å²) in [6.45, 7) is 0. The summed E-state index contributed by atoms with van der Waals surface area (Å²) in [6, 6.07) is 7.24. The van der Waals surface area contributed by atoms with Crippen molar-refractivity contribution >= 4 is 5.97 Å². The summed E-state index contributed by atoms with van der Waals surface area (Å²) in [6.07, 6.45) is 3.65. The SMILES string of the molecule is COC(=O)[C@@]12C=C[C@@H](CC1)C(C#N)(C#N)C2(C#N)C#N. The van der Waals surface area contributed by atoms with Crippen LogP contribution in [0.15, 0.2) is 12.2 Å². The Kier molecular flexibility index (Phi) is 2.78. The molecule has 20 heavy (non-hydrogen) atoms. The van der Waals surface area contributed by atoms with E-state index in [1.165, 1.54) is 6.08 Å². The van der Waals surface area contributed by atoms with E-state index < -0.39 is 28.1 Å². The highest BCUT2D eigenvalue weighted by atomic mass is 16.5. The lowest BCUT2D eigenvalue weighted by atomic mass is 9.40. The van der Waals surface area contributed by atoms with Crippen LogP contribution in [0.1, 0.15) is 12.8 Å². The number of esters is 1. The Morgan fingerprint density at radius 1 is 1.20 bits per heavy atom. The molecule has 0 amide bonds. The van der Waals surface area contributed by atoms with Gasteiger partial charge in [-0.25, -0.2) is 0 Å². The van der Waals surface area contributed by atoms with Gasteiger partial charge < -0.3 is 4.74 Å². The van der Waals surface area contributed by atoms with Crippen LogP contribution in [0.4, 0.5) is 0 Å². The zero-order valence-corrected chi connectivity index (χ0v) is 10.8. The second-order valence-corrected chi connectivity index (χ2v) is 4.97. The normalized spacial score (nSPS) is 31.1. The first-order chi connectivity index (χ1) is 9.54. The fourth-order valence-corrected chi connectivity index (χ4v) is 3.41. The average molecular weight is 266 g/mol. The lowest BCUT2D eigenvalue weighted by Crippen LogP contribution is -2.62. The van der Waals surface area contributed by atoms with Crippen molar-refractivity contribution < 1.29 is 9.53 Å². The van der Waals surface area contributed by atoms with Crippen LogP contribution in [0.3, 0.4) is 0 Å². The Morgan fingerprint density at radius 2 is 1.80 bits per heavy atom. The van der Waals surface area contributed by atoms with Crippen molar-refractivity contribution in [3.8, 4) is 24.3 Å². The number of carbonyl (C=O) groups excluding carboxylic acids is 1. The summed E-state index contributed by atoms with van der Waals surface area (Å²) >= 11 is 0. The van der Waals surface area contributed by atoms with Gasteiger partial charge in [-0.2, -0.15) is 21.0 Å². The van der Waals surface area contributed by atoms with Crippen LogP contribution in [0, 0.1) is 67.5 Å². The minimum atomic E-state index is -2.06. The summed E-state index contributed by atoms with van der Waals surface area (Å²) in [5.41, 5.74) is -5.49. The molecular weight excluding hydrogens is 256 g/mol. The van der Waals surface area contributed by atoms with Crippen molar-refractivity contribution in [2.24, 2.45) is 22.2 Å². The van der Waals surface area contributed by atoms with Gasteiger partial charge in [-0.05, 0) is 12.8 Å². The van der Waals surface area contributed by atoms with Crippen molar-refractivity contribution in [2.75, 3.05) is 7.11 Å². The Bertz CT molecular complexity index is 639. The Labute approximate surface area is 116 Å². The lowest BCUT2D eigenvalue weighted by molar-refractivity contribution is -0.161. The number of nitrogens with zero attached hydrogens (tertiary/aromatic N) is 4. The van der Waals surface area contributed by atoms with E-state index in [0.29, 0.717) is 6.42 Å². The van der Waals surface area contributed by atoms with Crippen molar-refractivity contribution in [1.29, 1.82) is 21.0 Å². The van der Waals surface area contributed by atoms with Crippen LogP contribution in [0.25, 0.3) is 0 Å². The van der Waals surface area contributed by atoms with E-state index in [9.17, 15) is 25.8 Å². The fraction of sp³-hybridized carbons (Fsp3) is 0.500. The molecule has 6 heteroatoms. The number of carbonyl (C=O) groups is 1. The number of allylic oxidation sites excluding steroid dienone is 1. The summed E-state index contributed by atoms with van der Waals surface area (Å²) in [5.74, 6) is -1.30. The molecule has 0 radical (unpaired) electrons. The molecule has 1 fully saturated rings. The van der Waals surface area contributed by atoms with E-state index in [1.54, 1.807) is 18.2 Å². The van der Waals surface area contributed by atoms with Gasteiger partial charge in [-0.3, -0.25) is 4.79 Å². The predicted octanol–water partition coefficient (Wildman–Crippen LogP) is 1.19. The van der Waals surface area contributed by atoms with E-state index in [0.717, 1.165) is 7.11 Å². The molecule has 0 unspecified atom stereocenters. The Hall–Kier alpha value is -2.83. The van der Waals surface area contributed by atoms with Gasteiger partial charge in [0, 0.05) is 5.92 Å². The number of nitriles is 4. The molecule has 3 aliphatic carbocycles. The number of hydrogen-bond acceptors (Lipinski definition) is 6. The topological polar surface area (TPSA) is 121 Å². The van der Waals surface area contributed by atoms with Gasteiger partial charge in [0.2, 0.25) is 0 Å². The van der Waals surface area contributed by atoms with Gasteiger partial charge in [-0.1, -0.05) is 12.2 Å². The zero-order valence-electron chi connectivity index (χ0n) is 10.8. The third-order valence-corrected chi connectivity index (χ3v) is 4.52. The van der Waals surface area contributed by atoms with E-state index in [2.05, 4.69) is 0 Å². The zero-order chi connectivity index (χ0) is 15.0. The number of methoxy groups -OCH3 is 1. The number of rotatable bonds is 1. The van der Waals surface area contributed by atoms with Gasteiger partial charge in [0.1, 0.15) is 5.41 Å². The molecule has 98 valence electrons. The molecule has 0 aliphatic heterocycles. The van der Waals surface area contributed by atoms with Crippen LogP contribution in [-0.4, -0.2) is 13.1 Å². The van der Waals surface area contributed by atoms with Crippen LogP contribution in [-0.2, 0) is 9.53 Å². The molecule has 2 atom stereocenters. The molecular formula is C14H10N4O2. The van der Waals surface area contributed by atoms with Crippen LogP contribution in [0.5, 0.6) is 0 Å². The first-order valence-electron chi connectivity index (χ1n) is 5.97. The van der Waals surface area contributed by atoms with E-state index in [4.69, 9.17) is 4.74 Å².